The van der Waals surface area contributed by atoms with Gasteiger partial charge in [0.1, 0.15) is 12.7 Å². The Hall–Kier alpha value is -1.42. The van der Waals surface area contributed by atoms with E-state index in [1.54, 1.807) is 11.0 Å². The van der Waals surface area contributed by atoms with Gasteiger partial charge in [-0.1, -0.05) is 44.6 Å². The summed E-state index contributed by atoms with van der Waals surface area (Å²) in [7, 11) is 0. The third-order valence-electron chi connectivity index (χ3n) is 3.54. The van der Waals surface area contributed by atoms with Crippen molar-refractivity contribution in [3.8, 4) is 0 Å². The quantitative estimate of drug-likeness (QED) is 0.851. The predicted octanol–water partition coefficient (Wildman–Crippen LogP) is 2.89. The van der Waals surface area contributed by atoms with Gasteiger partial charge in [-0.25, -0.2) is 9.67 Å². The Labute approximate surface area is 114 Å². The van der Waals surface area contributed by atoms with E-state index in [1.165, 1.54) is 11.9 Å². The van der Waals surface area contributed by atoms with Gasteiger partial charge >= 0.3 is 0 Å². The van der Waals surface area contributed by atoms with E-state index in [0.717, 1.165) is 19.3 Å². The molecule has 0 saturated heterocycles. The standard InChI is InChI=1S/C15H23N3O/c1-15(2,3)14(19)13(18-11-16-10-17-18)9-12-7-5-4-6-8-12/h4-5,9-11,13-14,19H,6-8H2,1-3H3/b12-9+. The van der Waals surface area contributed by atoms with Crippen LogP contribution in [-0.2, 0) is 0 Å². The molecule has 19 heavy (non-hydrogen) atoms. The van der Waals surface area contributed by atoms with E-state index in [0.29, 0.717) is 0 Å². The lowest BCUT2D eigenvalue weighted by Gasteiger charge is -2.32. The maximum atomic E-state index is 10.6. The number of rotatable bonds is 3. The van der Waals surface area contributed by atoms with Crippen molar-refractivity contribution in [1.29, 1.82) is 0 Å². The van der Waals surface area contributed by atoms with Crippen molar-refractivity contribution in [2.45, 2.75) is 52.2 Å². The molecule has 2 rings (SSSR count). The topological polar surface area (TPSA) is 50.9 Å². The van der Waals surface area contributed by atoms with Gasteiger partial charge in [-0.15, -0.1) is 0 Å². The molecule has 4 nitrogen and oxygen atoms in total. The van der Waals surface area contributed by atoms with Crippen LogP contribution in [0.1, 0.15) is 46.1 Å². The summed E-state index contributed by atoms with van der Waals surface area (Å²) in [6.45, 7) is 6.13. The average Bonchev–Trinajstić information content (AvgIpc) is 2.89. The number of nitrogens with zero attached hydrogens (tertiary/aromatic N) is 3. The second-order valence-electron chi connectivity index (χ2n) is 6.22. The fourth-order valence-electron chi connectivity index (χ4n) is 2.31. The number of hydrogen-bond acceptors (Lipinski definition) is 3. The van der Waals surface area contributed by atoms with Gasteiger partial charge in [0.15, 0.2) is 0 Å². The molecule has 1 heterocycles. The second-order valence-corrected chi connectivity index (χ2v) is 6.22. The third kappa shape index (κ3) is 3.53. The average molecular weight is 261 g/mol. The molecule has 0 aliphatic heterocycles. The molecule has 0 amide bonds. The minimum Gasteiger partial charge on any atom is -0.390 e. The molecule has 1 aliphatic carbocycles. The number of hydrogen-bond donors (Lipinski definition) is 1. The van der Waals surface area contributed by atoms with E-state index in [4.69, 9.17) is 0 Å². The second kappa shape index (κ2) is 5.70. The van der Waals surface area contributed by atoms with Gasteiger partial charge in [-0.05, 0) is 24.7 Å². The summed E-state index contributed by atoms with van der Waals surface area (Å²) < 4.78 is 1.75. The minimum atomic E-state index is -0.493. The van der Waals surface area contributed by atoms with Gasteiger partial charge in [0.25, 0.3) is 0 Å². The van der Waals surface area contributed by atoms with Crippen molar-refractivity contribution in [2.24, 2.45) is 5.41 Å². The highest BCUT2D eigenvalue weighted by molar-refractivity contribution is 5.16. The molecule has 1 aromatic rings. The molecule has 1 aromatic heterocycles. The van der Waals surface area contributed by atoms with Crippen LogP contribution in [0.3, 0.4) is 0 Å². The molecule has 4 heteroatoms. The van der Waals surface area contributed by atoms with Crippen molar-refractivity contribution < 1.29 is 5.11 Å². The zero-order valence-corrected chi connectivity index (χ0v) is 12.0. The fraction of sp³-hybridized carbons (Fsp3) is 0.600. The Morgan fingerprint density at radius 1 is 1.37 bits per heavy atom. The first-order valence-electron chi connectivity index (χ1n) is 6.85. The Kier molecular flexibility index (Phi) is 4.20. The Balaban J connectivity index is 2.27. The maximum Gasteiger partial charge on any atom is 0.137 e. The van der Waals surface area contributed by atoms with E-state index in [-0.39, 0.29) is 11.5 Å². The number of allylic oxidation sites excluding steroid dienone is 3. The molecule has 1 aliphatic rings. The summed E-state index contributed by atoms with van der Waals surface area (Å²) in [5.74, 6) is 0. The van der Waals surface area contributed by atoms with Crippen molar-refractivity contribution in [3.63, 3.8) is 0 Å². The van der Waals surface area contributed by atoms with Crippen LogP contribution in [0.25, 0.3) is 0 Å². The summed E-state index contributed by atoms with van der Waals surface area (Å²) >= 11 is 0. The predicted molar refractivity (Wildman–Crippen MR) is 75.6 cm³/mol. The number of aliphatic hydroxyl groups excluding tert-OH is 1. The first-order chi connectivity index (χ1) is 8.98. The lowest BCUT2D eigenvalue weighted by molar-refractivity contribution is 0.0281. The van der Waals surface area contributed by atoms with Crippen molar-refractivity contribution >= 4 is 0 Å². The highest BCUT2D eigenvalue weighted by Gasteiger charge is 2.31. The van der Waals surface area contributed by atoms with Crippen LogP contribution >= 0.6 is 0 Å². The van der Waals surface area contributed by atoms with Crippen LogP contribution in [0.5, 0.6) is 0 Å². The lowest BCUT2D eigenvalue weighted by atomic mass is 9.83. The van der Waals surface area contributed by atoms with Gasteiger partial charge in [0, 0.05) is 0 Å². The van der Waals surface area contributed by atoms with E-state index < -0.39 is 6.10 Å². The van der Waals surface area contributed by atoms with Crippen molar-refractivity contribution in [3.05, 3.63) is 36.5 Å². The molecule has 0 radical (unpaired) electrons. The molecule has 2 atom stereocenters. The Morgan fingerprint density at radius 2 is 2.16 bits per heavy atom. The molecule has 0 spiro atoms. The van der Waals surface area contributed by atoms with Crippen molar-refractivity contribution in [2.75, 3.05) is 0 Å². The first kappa shape index (κ1) is 14.0. The molecule has 2 unspecified atom stereocenters. The Bertz CT molecular complexity index is 454. The molecular formula is C15H23N3O. The first-order valence-corrected chi connectivity index (χ1v) is 6.85. The highest BCUT2D eigenvalue weighted by atomic mass is 16.3. The highest BCUT2D eigenvalue weighted by Crippen LogP contribution is 2.31. The van der Waals surface area contributed by atoms with Crippen LogP contribution in [-0.4, -0.2) is 26.0 Å². The van der Waals surface area contributed by atoms with Gasteiger partial charge in [0.05, 0.1) is 12.1 Å². The smallest absolute Gasteiger partial charge is 0.137 e. The summed E-state index contributed by atoms with van der Waals surface area (Å²) in [6.07, 6.45) is 12.4. The van der Waals surface area contributed by atoms with Crippen LogP contribution in [0.2, 0.25) is 0 Å². The number of aromatic nitrogens is 3. The van der Waals surface area contributed by atoms with Crippen LogP contribution in [0.4, 0.5) is 0 Å². The summed E-state index contributed by atoms with van der Waals surface area (Å²) in [4.78, 5) is 4.00. The monoisotopic (exact) mass is 261 g/mol. The van der Waals surface area contributed by atoms with E-state index >= 15 is 0 Å². The van der Waals surface area contributed by atoms with Crippen LogP contribution < -0.4 is 0 Å². The fourth-order valence-corrected chi connectivity index (χ4v) is 2.31. The molecule has 104 valence electrons. The lowest BCUT2D eigenvalue weighted by Crippen LogP contribution is -2.35. The molecule has 0 bridgehead atoms. The van der Waals surface area contributed by atoms with E-state index in [9.17, 15) is 5.11 Å². The molecule has 0 fully saturated rings. The summed E-state index contributed by atoms with van der Waals surface area (Å²) in [5.41, 5.74) is 1.17. The largest absolute Gasteiger partial charge is 0.390 e. The minimum absolute atomic E-state index is 0.149. The Morgan fingerprint density at radius 3 is 2.68 bits per heavy atom. The SMILES string of the molecule is CC(C)(C)C(O)C(/C=C1\CC=CCC1)n1cncn1. The number of aliphatic hydroxyl groups is 1. The van der Waals surface area contributed by atoms with Gasteiger partial charge in [0.2, 0.25) is 0 Å². The molecule has 1 N–H and O–H groups in total. The summed E-state index contributed by atoms with van der Waals surface area (Å²) in [6, 6.07) is -0.149. The maximum absolute atomic E-state index is 10.6. The van der Waals surface area contributed by atoms with Gasteiger partial charge in [-0.2, -0.15) is 5.10 Å². The van der Waals surface area contributed by atoms with Gasteiger partial charge in [-0.3, -0.25) is 0 Å². The van der Waals surface area contributed by atoms with Crippen LogP contribution in [0.15, 0.2) is 36.5 Å². The molecule has 0 saturated carbocycles. The van der Waals surface area contributed by atoms with Crippen LogP contribution in [0, 0.1) is 5.41 Å². The van der Waals surface area contributed by atoms with E-state index in [2.05, 4.69) is 28.3 Å². The molecule has 0 aromatic carbocycles. The molecular weight excluding hydrogens is 238 g/mol. The third-order valence-corrected chi connectivity index (χ3v) is 3.54. The zero-order valence-electron chi connectivity index (χ0n) is 12.0. The van der Waals surface area contributed by atoms with Crippen molar-refractivity contribution in [1.82, 2.24) is 14.8 Å². The zero-order chi connectivity index (χ0) is 13.9. The van der Waals surface area contributed by atoms with Gasteiger partial charge < -0.3 is 5.11 Å². The summed E-state index contributed by atoms with van der Waals surface area (Å²) in [5, 5.41) is 14.8. The van der Waals surface area contributed by atoms with E-state index in [1.807, 2.05) is 20.8 Å². The normalized spacial score (nSPS) is 21.6.